The average Bonchev–Trinajstić information content (AvgIpc) is 2.70. The van der Waals surface area contributed by atoms with Crippen LogP contribution in [0.3, 0.4) is 0 Å². The molecule has 0 saturated carbocycles. The summed E-state index contributed by atoms with van der Waals surface area (Å²) in [6.07, 6.45) is 2.87. The first-order valence-electron chi connectivity index (χ1n) is 4.15. The Balaban J connectivity index is 2.71. The number of nitrogens with two attached hydrogens (primary N) is 1. The highest BCUT2D eigenvalue weighted by Crippen LogP contribution is 2.12. The average molecular weight is 201 g/mol. The molecule has 74 valence electrons. The molecule has 6 nitrogen and oxygen atoms in total. The van der Waals surface area contributed by atoms with E-state index in [1.165, 1.54) is 10.9 Å². The van der Waals surface area contributed by atoms with Crippen molar-refractivity contribution >= 4 is 5.69 Å². The van der Waals surface area contributed by atoms with E-state index in [0.717, 1.165) is 0 Å². The van der Waals surface area contributed by atoms with Crippen LogP contribution in [0.1, 0.15) is 5.69 Å². The summed E-state index contributed by atoms with van der Waals surface area (Å²) in [5, 5.41) is 8.80. The van der Waals surface area contributed by atoms with Crippen LogP contribution < -0.4 is 11.3 Å². The highest BCUT2D eigenvalue weighted by molar-refractivity contribution is 5.52. The van der Waals surface area contributed by atoms with Crippen molar-refractivity contribution in [2.24, 2.45) is 0 Å². The number of nitriles is 1. The van der Waals surface area contributed by atoms with Crippen LogP contribution in [0.15, 0.2) is 29.5 Å². The molecule has 0 amide bonds. The van der Waals surface area contributed by atoms with E-state index in [4.69, 9.17) is 11.0 Å². The van der Waals surface area contributed by atoms with Crippen LogP contribution in [0.5, 0.6) is 0 Å². The summed E-state index contributed by atoms with van der Waals surface area (Å²) < 4.78 is 1.46. The van der Waals surface area contributed by atoms with Gasteiger partial charge in [-0.15, -0.1) is 0 Å². The van der Waals surface area contributed by atoms with E-state index in [9.17, 15) is 4.79 Å². The molecule has 0 spiro atoms. The van der Waals surface area contributed by atoms with Crippen molar-refractivity contribution in [2.45, 2.75) is 0 Å². The molecule has 0 aliphatic carbocycles. The first-order valence-corrected chi connectivity index (χ1v) is 4.15. The lowest BCUT2D eigenvalue weighted by Crippen LogP contribution is -2.16. The number of aromatic amines is 1. The number of rotatable bonds is 1. The van der Waals surface area contributed by atoms with Gasteiger partial charge >= 0.3 is 0 Å². The summed E-state index contributed by atoms with van der Waals surface area (Å²) in [7, 11) is 0. The van der Waals surface area contributed by atoms with Gasteiger partial charge < -0.3 is 10.7 Å². The second-order valence-corrected chi connectivity index (χ2v) is 2.84. The minimum atomic E-state index is -0.419. The molecule has 0 atom stereocenters. The minimum Gasteiger partial charge on any atom is -0.391 e. The maximum absolute atomic E-state index is 11.2. The quantitative estimate of drug-likeness (QED) is 0.678. The number of aromatic nitrogens is 3. The van der Waals surface area contributed by atoms with Crippen molar-refractivity contribution in [1.29, 1.82) is 5.26 Å². The lowest BCUT2D eigenvalue weighted by molar-refractivity contribution is 0.961. The maximum atomic E-state index is 11.2. The Hall–Kier alpha value is -2.55. The van der Waals surface area contributed by atoms with Crippen LogP contribution in [0.2, 0.25) is 0 Å². The van der Waals surface area contributed by atoms with Crippen LogP contribution in [-0.2, 0) is 0 Å². The molecule has 3 N–H and O–H groups in total. The molecule has 0 fully saturated rings. The van der Waals surface area contributed by atoms with E-state index >= 15 is 0 Å². The molecule has 2 heterocycles. The lowest BCUT2D eigenvalue weighted by atomic mass is 10.4. The normalized spacial score (nSPS) is 9.80. The fourth-order valence-corrected chi connectivity index (χ4v) is 1.25. The molecular formula is C9H7N5O. The van der Waals surface area contributed by atoms with Crippen LogP contribution in [0.25, 0.3) is 5.82 Å². The molecule has 0 saturated heterocycles. The maximum Gasteiger partial charge on any atom is 0.276 e. The van der Waals surface area contributed by atoms with Crippen molar-refractivity contribution in [1.82, 2.24) is 14.5 Å². The summed E-state index contributed by atoms with van der Waals surface area (Å²) in [5.41, 5.74) is 5.51. The highest BCUT2D eigenvalue weighted by atomic mass is 16.1. The number of hydrogen-bond donors (Lipinski definition) is 2. The van der Waals surface area contributed by atoms with Crippen molar-refractivity contribution in [3.8, 4) is 11.9 Å². The molecule has 2 aromatic rings. The molecule has 2 rings (SSSR count). The third kappa shape index (κ3) is 1.36. The zero-order valence-corrected chi connectivity index (χ0v) is 7.64. The second kappa shape index (κ2) is 3.31. The van der Waals surface area contributed by atoms with Crippen molar-refractivity contribution < 1.29 is 0 Å². The number of hydrogen-bond acceptors (Lipinski definition) is 4. The van der Waals surface area contributed by atoms with E-state index < -0.39 is 5.56 Å². The lowest BCUT2D eigenvalue weighted by Gasteiger charge is -2.04. The molecule has 0 aliphatic heterocycles. The van der Waals surface area contributed by atoms with Gasteiger partial charge in [-0.05, 0) is 12.1 Å². The summed E-state index contributed by atoms with van der Waals surface area (Å²) in [6, 6.07) is 5.27. The minimum absolute atomic E-state index is 0.00907. The Morgan fingerprint density at radius 2 is 2.40 bits per heavy atom. The molecular weight excluding hydrogens is 194 g/mol. The van der Waals surface area contributed by atoms with Gasteiger partial charge in [-0.2, -0.15) is 5.26 Å². The Morgan fingerprint density at radius 3 is 3.13 bits per heavy atom. The summed E-state index contributed by atoms with van der Waals surface area (Å²) in [5.74, 6) is 0.264. The molecule has 0 radical (unpaired) electrons. The number of nitrogens with one attached hydrogen (secondary N) is 1. The SMILES string of the molecule is N#Cc1cccn1-c1nc[nH]c(=O)c1N. The van der Waals surface area contributed by atoms with Gasteiger partial charge in [0.25, 0.3) is 5.56 Å². The molecule has 6 heteroatoms. The van der Waals surface area contributed by atoms with Crippen LogP contribution in [0, 0.1) is 11.3 Å². The monoisotopic (exact) mass is 201 g/mol. The summed E-state index contributed by atoms with van der Waals surface area (Å²) in [6.45, 7) is 0. The molecule has 0 bridgehead atoms. The third-order valence-electron chi connectivity index (χ3n) is 1.96. The molecule has 15 heavy (non-hydrogen) atoms. The summed E-state index contributed by atoms with van der Waals surface area (Å²) in [4.78, 5) is 17.5. The predicted octanol–water partition coefficient (Wildman–Crippen LogP) is 0.0145. The van der Waals surface area contributed by atoms with Gasteiger partial charge in [0.1, 0.15) is 17.5 Å². The van der Waals surface area contributed by atoms with E-state index in [1.807, 2.05) is 6.07 Å². The van der Waals surface area contributed by atoms with Crippen LogP contribution in [0.4, 0.5) is 5.69 Å². The smallest absolute Gasteiger partial charge is 0.276 e. The zero-order valence-electron chi connectivity index (χ0n) is 7.64. The fourth-order valence-electron chi connectivity index (χ4n) is 1.25. The molecule has 0 aromatic carbocycles. The van der Waals surface area contributed by atoms with Crippen LogP contribution in [-0.4, -0.2) is 14.5 Å². The standard InChI is InChI=1S/C9H7N5O/c10-4-6-2-1-3-14(6)8-7(11)9(15)13-5-12-8/h1-3,5H,11H2,(H,12,13,15). The van der Waals surface area contributed by atoms with Crippen molar-refractivity contribution in [3.63, 3.8) is 0 Å². The molecule has 0 unspecified atom stereocenters. The van der Waals surface area contributed by atoms with Gasteiger partial charge in [-0.1, -0.05) is 0 Å². The largest absolute Gasteiger partial charge is 0.391 e. The zero-order chi connectivity index (χ0) is 10.8. The van der Waals surface area contributed by atoms with Gasteiger partial charge in [0.2, 0.25) is 0 Å². The van der Waals surface area contributed by atoms with E-state index in [0.29, 0.717) is 5.69 Å². The Kier molecular flexibility index (Phi) is 1.99. The molecule has 2 aromatic heterocycles. The third-order valence-corrected chi connectivity index (χ3v) is 1.96. The predicted molar refractivity (Wildman–Crippen MR) is 53.3 cm³/mol. The van der Waals surface area contributed by atoms with E-state index in [1.54, 1.807) is 18.3 Å². The van der Waals surface area contributed by atoms with E-state index in [2.05, 4.69) is 9.97 Å². The Bertz CT molecular complexity index is 589. The van der Waals surface area contributed by atoms with Crippen LogP contribution >= 0.6 is 0 Å². The Morgan fingerprint density at radius 1 is 1.60 bits per heavy atom. The van der Waals surface area contributed by atoms with Gasteiger partial charge in [-0.25, -0.2) is 4.98 Å². The van der Waals surface area contributed by atoms with Gasteiger partial charge in [0.05, 0.1) is 6.33 Å². The number of nitrogen functional groups attached to an aromatic ring is 1. The first kappa shape index (κ1) is 9.02. The number of H-pyrrole nitrogens is 1. The van der Waals surface area contributed by atoms with Crippen molar-refractivity contribution in [2.75, 3.05) is 5.73 Å². The van der Waals surface area contributed by atoms with Gasteiger partial charge in [0.15, 0.2) is 5.82 Å². The topological polar surface area (TPSA) is 100 Å². The summed E-state index contributed by atoms with van der Waals surface area (Å²) >= 11 is 0. The Labute approximate surface area is 84.6 Å². The van der Waals surface area contributed by atoms with Crippen molar-refractivity contribution in [3.05, 3.63) is 40.7 Å². The number of nitrogens with zero attached hydrogens (tertiary/aromatic N) is 3. The van der Waals surface area contributed by atoms with Gasteiger partial charge in [0, 0.05) is 6.20 Å². The second-order valence-electron chi connectivity index (χ2n) is 2.84. The molecule has 0 aliphatic rings. The number of anilines is 1. The fraction of sp³-hybridized carbons (Fsp3) is 0. The highest BCUT2D eigenvalue weighted by Gasteiger charge is 2.09. The van der Waals surface area contributed by atoms with E-state index in [-0.39, 0.29) is 11.5 Å². The van der Waals surface area contributed by atoms with Gasteiger partial charge in [-0.3, -0.25) is 9.36 Å². The first-order chi connectivity index (χ1) is 7.24.